The summed E-state index contributed by atoms with van der Waals surface area (Å²) in [5.74, 6) is -1.19. The Morgan fingerprint density at radius 2 is 2.22 bits per heavy atom. The maximum atomic E-state index is 12.1. The van der Waals surface area contributed by atoms with Crippen LogP contribution in [0.2, 0.25) is 0 Å². The number of rotatable bonds is 6. The molecule has 9 heteroatoms. The maximum absolute atomic E-state index is 12.1. The fourth-order valence-corrected chi connectivity index (χ4v) is 3.38. The fraction of sp³-hybridized carbons (Fsp3) is 0.500. The highest BCUT2D eigenvalue weighted by Gasteiger charge is 2.41. The lowest BCUT2D eigenvalue weighted by atomic mass is 9.90. The van der Waals surface area contributed by atoms with Crippen molar-refractivity contribution in [3.63, 3.8) is 0 Å². The van der Waals surface area contributed by atoms with Gasteiger partial charge in [-0.2, -0.15) is 0 Å². The lowest BCUT2D eigenvalue weighted by molar-refractivity contribution is -0.147. The average molecular weight is 341 g/mol. The van der Waals surface area contributed by atoms with E-state index in [-0.39, 0.29) is 30.3 Å². The quantitative estimate of drug-likeness (QED) is 0.756. The van der Waals surface area contributed by atoms with Gasteiger partial charge in [-0.05, 0) is 25.5 Å². The van der Waals surface area contributed by atoms with Crippen LogP contribution in [0.3, 0.4) is 0 Å². The molecule has 0 aromatic carbocycles. The topological polar surface area (TPSA) is 117 Å². The normalized spacial score (nSPS) is 21.3. The number of hydrogen-bond acceptors (Lipinski definition) is 5. The molecule has 2 heterocycles. The first kappa shape index (κ1) is 17.4. The Hall–Kier alpha value is -2.00. The van der Waals surface area contributed by atoms with Gasteiger partial charge >= 0.3 is 5.97 Å². The molecule has 1 aliphatic heterocycles. The zero-order valence-electron chi connectivity index (χ0n) is 12.7. The Labute approximate surface area is 134 Å². The summed E-state index contributed by atoms with van der Waals surface area (Å²) in [5, 5.41) is 9.15. The molecule has 8 nitrogen and oxygen atoms in total. The van der Waals surface area contributed by atoms with Gasteiger partial charge in [0.25, 0.3) is 0 Å². The minimum atomic E-state index is -3.69. The first-order valence-corrected chi connectivity index (χ1v) is 8.64. The van der Waals surface area contributed by atoms with E-state index >= 15 is 0 Å². The van der Waals surface area contributed by atoms with E-state index in [1.54, 1.807) is 6.92 Å². The van der Waals surface area contributed by atoms with E-state index in [1.807, 2.05) is 0 Å². The highest BCUT2D eigenvalue weighted by Crippen LogP contribution is 2.30. The van der Waals surface area contributed by atoms with Crippen molar-refractivity contribution in [3.8, 4) is 0 Å². The van der Waals surface area contributed by atoms with Gasteiger partial charge in [0, 0.05) is 38.4 Å². The molecule has 0 saturated carbocycles. The summed E-state index contributed by atoms with van der Waals surface area (Å²) in [6.07, 6.45) is 3.07. The van der Waals surface area contributed by atoms with Gasteiger partial charge in [0.15, 0.2) is 0 Å². The number of aromatic nitrogens is 1. The van der Waals surface area contributed by atoms with Gasteiger partial charge in [-0.25, -0.2) is 13.1 Å². The van der Waals surface area contributed by atoms with Crippen LogP contribution in [0.25, 0.3) is 0 Å². The molecular weight excluding hydrogens is 322 g/mol. The molecule has 1 amide bonds. The van der Waals surface area contributed by atoms with Gasteiger partial charge in [0.2, 0.25) is 15.9 Å². The largest absolute Gasteiger partial charge is 0.481 e. The molecule has 0 bridgehead atoms. The highest BCUT2D eigenvalue weighted by atomic mass is 32.2. The molecule has 1 aromatic heterocycles. The molecule has 2 rings (SSSR count). The number of nitrogens with zero attached hydrogens (tertiary/aromatic N) is 2. The Balaban J connectivity index is 1.85. The summed E-state index contributed by atoms with van der Waals surface area (Å²) in [4.78, 5) is 28.5. The minimum Gasteiger partial charge on any atom is -0.481 e. The summed E-state index contributed by atoms with van der Waals surface area (Å²) in [6, 6.07) is 2.92. The van der Waals surface area contributed by atoms with Gasteiger partial charge in [-0.3, -0.25) is 14.6 Å². The highest BCUT2D eigenvalue weighted by molar-refractivity contribution is 7.89. The molecule has 23 heavy (non-hydrogen) atoms. The smallest absolute Gasteiger partial charge is 0.311 e. The zero-order valence-corrected chi connectivity index (χ0v) is 13.5. The number of sulfonamides is 1. The van der Waals surface area contributed by atoms with Gasteiger partial charge in [-0.1, -0.05) is 0 Å². The minimum absolute atomic E-state index is 0.0187. The predicted octanol–water partition coefficient (Wildman–Crippen LogP) is 0.0732. The molecule has 2 N–H and O–H groups in total. The summed E-state index contributed by atoms with van der Waals surface area (Å²) in [5.41, 5.74) is -0.926. The number of carbonyl (C=O) groups excluding carboxylic acids is 1. The SMILES string of the molecule is CC1(C(=O)O)CCN(C(=O)CCNS(=O)(=O)c2cccnc2)C1. The number of carbonyl (C=O) groups is 2. The van der Waals surface area contributed by atoms with E-state index in [9.17, 15) is 18.0 Å². The Bertz CT molecular complexity index is 692. The number of nitrogens with one attached hydrogen (secondary N) is 1. The van der Waals surface area contributed by atoms with Crippen molar-refractivity contribution in [2.75, 3.05) is 19.6 Å². The van der Waals surface area contributed by atoms with Gasteiger partial charge in [0.1, 0.15) is 4.90 Å². The van der Waals surface area contributed by atoms with Crippen molar-refractivity contribution in [3.05, 3.63) is 24.5 Å². The fourth-order valence-electron chi connectivity index (χ4n) is 2.39. The molecule has 1 aromatic rings. The summed E-state index contributed by atoms with van der Waals surface area (Å²) >= 11 is 0. The summed E-state index contributed by atoms with van der Waals surface area (Å²) in [7, 11) is -3.69. The third kappa shape index (κ3) is 4.05. The Morgan fingerprint density at radius 1 is 1.48 bits per heavy atom. The van der Waals surface area contributed by atoms with Crippen LogP contribution in [0.15, 0.2) is 29.4 Å². The van der Waals surface area contributed by atoms with E-state index in [4.69, 9.17) is 5.11 Å². The molecule has 1 fully saturated rings. The first-order valence-electron chi connectivity index (χ1n) is 7.15. The summed E-state index contributed by atoms with van der Waals surface area (Å²) in [6.45, 7) is 2.08. The van der Waals surface area contributed by atoms with Crippen molar-refractivity contribution >= 4 is 21.9 Å². The van der Waals surface area contributed by atoms with Crippen LogP contribution >= 0.6 is 0 Å². The Kier molecular flexibility index (Phi) is 5.00. The molecular formula is C14H19N3O5S. The lowest BCUT2D eigenvalue weighted by Crippen LogP contribution is -2.36. The van der Waals surface area contributed by atoms with Crippen LogP contribution < -0.4 is 4.72 Å². The van der Waals surface area contributed by atoms with E-state index in [1.165, 1.54) is 29.4 Å². The first-order chi connectivity index (χ1) is 10.7. The molecule has 1 unspecified atom stereocenters. The van der Waals surface area contributed by atoms with E-state index < -0.39 is 21.4 Å². The molecule has 1 saturated heterocycles. The molecule has 0 spiro atoms. The second kappa shape index (κ2) is 6.63. The maximum Gasteiger partial charge on any atom is 0.311 e. The van der Waals surface area contributed by atoms with Crippen molar-refractivity contribution in [2.24, 2.45) is 5.41 Å². The summed E-state index contributed by atoms with van der Waals surface area (Å²) < 4.78 is 26.3. The van der Waals surface area contributed by atoms with Gasteiger partial charge in [-0.15, -0.1) is 0 Å². The standard InChI is InChI=1S/C14H19N3O5S/c1-14(13(19)20)5-8-17(10-14)12(18)4-7-16-23(21,22)11-3-2-6-15-9-11/h2-3,6,9,16H,4-5,7-8,10H2,1H3,(H,19,20). The van der Waals surface area contributed by atoms with Gasteiger partial charge < -0.3 is 10.0 Å². The van der Waals surface area contributed by atoms with Crippen LogP contribution in [0.1, 0.15) is 19.8 Å². The van der Waals surface area contributed by atoms with Gasteiger partial charge in [0.05, 0.1) is 5.41 Å². The van der Waals surface area contributed by atoms with E-state index in [2.05, 4.69) is 9.71 Å². The van der Waals surface area contributed by atoms with Crippen molar-refractivity contribution in [1.82, 2.24) is 14.6 Å². The van der Waals surface area contributed by atoms with Crippen LogP contribution in [0.4, 0.5) is 0 Å². The third-order valence-corrected chi connectivity index (χ3v) is 5.36. The number of carboxylic acid groups (broad SMARTS) is 1. The zero-order chi connectivity index (χ0) is 17.1. The van der Waals surface area contributed by atoms with Crippen molar-refractivity contribution < 1.29 is 23.1 Å². The van der Waals surface area contributed by atoms with Crippen molar-refractivity contribution in [1.29, 1.82) is 0 Å². The number of pyridine rings is 1. The Morgan fingerprint density at radius 3 is 2.78 bits per heavy atom. The van der Waals surface area contributed by atoms with Crippen LogP contribution in [0, 0.1) is 5.41 Å². The molecule has 0 aliphatic carbocycles. The van der Waals surface area contributed by atoms with E-state index in [0.717, 1.165) is 0 Å². The molecule has 1 aliphatic rings. The third-order valence-electron chi connectivity index (χ3n) is 3.92. The average Bonchev–Trinajstić information content (AvgIpc) is 2.92. The number of carboxylic acids is 1. The molecule has 126 valence electrons. The van der Waals surface area contributed by atoms with Crippen LogP contribution in [-0.2, 0) is 19.6 Å². The van der Waals surface area contributed by atoms with Crippen molar-refractivity contribution in [2.45, 2.75) is 24.7 Å². The number of aliphatic carboxylic acids is 1. The number of hydrogen-bond donors (Lipinski definition) is 2. The molecule has 1 atom stereocenters. The second-order valence-electron chi connectivity index (χ2n) is 5.77. The van der Waals surface area contributed by atoms with Crippen LogP contribution in [0.5, 0.6) is 0 Å². The molecule has 0 radical (unpaired) electrons. The predicted molar refractivity (Wildman–Crippen MR) is 81.0 cm³/mol. The second-order valence-corrected chi connectivity index (χ2v) is 7.53. The number of amides is 1. The number of likely N-dealkylation sites (tertiary alicyclic amines) is 1. The monoisotopic (exact) mass is 341 g/mol. The van der Waals surface area contributed by atoms with E-state index in [0.29, 0.717) is 13.0 Å². The van der Waals surface area contributed by atoms with Crippen LogP contribution in [-0.4, -0.2) is 54.9 Å². The lowest BCUT2D eigenvalue weighted by Gasteiger charge is -2.20.